The fourth-order valence-corrected chi connectivity index (χ4v) is 8.61. The fraction of sp³-hybridized carbons (Fsp3) is 1.00. The first-order valence-corrected chi connectivity index (χ1v) is 10.4. The Bertz CT molecular complexity index is 298. The van der Waals surface area contributed by atoms with E-state index >= 15 is 0 Å². The molecule has 1 atom stereocenters. The van der Waals surface area contributed by atoms with Crippen LogP contribution in [0.15, 0.2) is 0 Å². The summed E-state index contributed by atoms with van der Waals surface area (Å²) in [6, 6.07) is 0. The van der Waals surface area contributed by atoms with Gasteiger partial charge < -0.3 is 9.79 Å². The minimum atomic E-state index is -4.72. The van der Waals surface area contributed by atoms with Gasteiger partial charge in [0.2, 0.25) is 0 Å². The van der Waals surface area contributed by atoms with Crippen molar-refractivity contribution in [2.45, 2.75) is 37.4 Å². The van der Waals surface area contributed by atoms with E-state index in [0.717, 1.165) is 43.5 Å². The molecule has 2 N–H and O–H groups in total. The fourth-order valence-electron chi connectivity index (χ4n) is 1.51. The molecule has 1 aliphatic carbocycles. The average molecular weight is 292 g/mol. The van der Waals surface area contributed by atoms with Crippen molar-refractivity contribution in [1.29, 1.82) is 0 Å². The molecule has 1 rings (SSSR count). The Morgan fingerprint density at radius 2 is 1.73 bits per heavy atom. The summed E-state index contributed by atoms with van der Waals surface area (Å²) >= 11 is 4.65. The van der Waals surface area contributed by atoms with E-state index in [4.69, 9.17) is 9.79 Å². The maximum Gasteiger partial charge on any atom is 0.476 e. The van der Waals surface area contributed by atoms with Gasteiger partial charge in [0.25, 0.3) is 0 Å². The molecule has 90 valence electrons. The Labute approximate surface area is 98.0 Å². The maximum atomic E-state index is 11.6. The molecule has 0 radical (unpaired) electrons. The zero-order valence-corrected chi connectivity index (χ0v) is 11.5. The number of rotatable bonds is 4. The van der Waals surface area contributed by atoms with Gasteiger partial charge in [0.05, 0.1) is 0 Å². The third kappa shape index (κ3) is 6.37. The smallest absolute Gasteiger partial charge is 0.302 e. The molecule has 15 heavy (non-hydrogen) atoms. The van der Waals surface area contributed by atoms with Gasteiger partial charge in [-0.05, 0) is 12.8 Å². The zero-order valence-electron chi connectivity index (χ0n) is 7.98. The molecule has 0 bridgehead atoms. The molecule has 0 amide bonds. The first-order valence-electron chi connectivity index (χ1n) is 4.57. The van der Waals surface area contributed by atoms with Gasteiger partial charge in [0.1, 0.15) is 0 Å². The molecular weight excluding hydrogens is 278 g/mol. The summed E-state index contributed by atoms with van der Waals surface area (Å²) in [6.45, 7) is 0. The highest BCUT2D eigenvalue weighted by atomic mass is 33.1. The number of thiol groups is 1. The third-order valence-electron chi connectivity index (χ3n) is 2.04. The van der Waals surface area contributed by atoms with Gasteiger partial charge >= 0.3 is 13.6 Å². The highest BCUT2D eigenvalue weighted by Crippen LogP contribution is 2.72. The van der Waals surface area contributed by atoms with Gasteiger partial charge in [-0.15, -0.1) is 0 Å². The highest BCUT2D eigenvalue weighted by molar-refractivity contribution is 8.85. The lowest BCUT2D eigenvalue weighted by atomic mass is 10.0. The van der Waals surface area contributed by atoms with E-state index in [-0.39, 0.29) is 5.25 Å². The second-order valence-corrected chi connectivity index (χ2v) is 11.3. The Morgan fingerprint density at radius 1 is 1.20 bits per heavy atom. The van der Waals surface area contributed by atoms with E-state index in [9.17, 15) is 9.13 Å². The Morgan fingerprint density at radius 3 is 2.20 bits per heavy atom. The van der Waals surface area contributed by atoms with Crippen LogP contribution in [-0.2, 0) is 13.4 Å². The van der Waals surface area contributed by atoms with Crippen molar-refractivity contribution in [2.24, 2.45) is 0 Å². The summed E-state index contributed by atoms with van der Waals surface area (Å²) < 4.78 is 26.3. The van der Waals surface area contributed by atoms with Crippen molar-refractivity contribution in [3.8, 4) is 0 Å². The molecule has 1 aliphatic rings. The van der Waals surface area contributed by atoms with Crippen LogP contribution in [0.25, 0.3) is 0 Å². The predicted molar refractivity (Wildman–Crippen MR) is 64.2 cm³/mol. The van der Waals surface area contributed by atoms with Gasteiger partial charge in [0.15, 0.2) is 0 Å². The largest absolute Gasteiger partial charge is 0.476 e. The van der Waals surface area contributed by atoms with Crippen LogP contribution in [-0.4, -0.2) is 15.0 Å². The van der Waals surface area contributed by atoms with Crippen molar-refractivity contribution in [1.82, 2.24) is 0 Å². The molecule has 0 saturated heterocycles. The van der Waals surface area contributed by atoms with Crippen LogP contribution in [0.2, 0.25) is 0 Å². The molecule has 0 heterocycles. The summed E-state index contributed by atoms with van der Waals surface area (Å²) in [5.41, 5.74) is 0. The lowest BCUT2D eigenvalue weighted by Crippen LogP contribution is -2.07. The van der Waals surface area contributed by atoms with E-state index in [1.165, 1.54) is 0 Å². The van der Waals surface area contributed by atoms with Gasteiger partial charge in [0, 0.05) is 5.25 Å². The quantitative estimate of drug-likeness (QED) is 0.545. The summed E-state index contributed by atoms with van der Waals surface area (Å²) in [5, 5.41) is 0.133. The SMILES string of the molecule is O=P(O)(O)OP(=O)(S)SC1CCCCC1. The molecule has 0 spiro atoms. The predicted octanol–water partition coefficient (Wildman–Crippen LogP) is 3.20. The first kappa shape index (κ1) is 14.1. The zero-order chi connectivity index (χ0) is 11.5. The highest BCUT2D eigenvalue weighted by Gasteiger charge is 2.33. The minimum absolute atomic E-state index is 0.133. The molecular formula is C6H14O5P2S2. The van der Waals surface area contributed by atoms with Crippen molar-refractivity contribution < 1.29 is 23.2 Å². The van der Waals surface area contributed by atoms with Crippen LogP contribution in [0.5, 0.6) is 0 Å². The second-order valence-electron chi connectivity index (χ2n) is 3.41. The van der Waals surface area contributed by atoms with Crippen molar-refractivity contribution >= 4 is 37.2 Å². The summed E-state index contributed by atoms with van der Waals surface area (Å²) in [5.74, 6) is -3.53. The topological polar surface area (TPSA) is 83.8 Å². The molecule has 9 heteroatoms. The number of phosphoric acid groups is 1. The van der Waals surface area contributed by atoms with E-state index in [1.54, 1.807) is 0 Å². The summed E-state index contributed by atoms with van der Waals surface area (Å²) in [4.78, 5) is 17.1. The summed E-state index contributed by atoms with van der Waals surface area (Å²) in [6.07, 6.45) is 5.08. The van der Waals surface area contributed by atoms with Crippen LogP contribution >= 0.6 is 37.2 Å². The lowest BCUT2D eigenvalue weighted by molar-refractivity contribution is 0.290. The Hall–Kier alpha value is 1.04. The molecule has 0 aromatic carbocycles. The van der Waals surface area contributed by atoms with Gasteiger partial charge in [-0.1, -0.05) is 42.9 Å². The number of hydrogen-bond acceptors (Lipinski definition) is 4. The average Bonchev–Trinajstić information content (AvgIpc) is 1.99. The standard InChI is InChI=1S/C6H14O5P2S2/c7-12(8,9)11-13(10,14)15-6-4-2-1-3-5-6/h6H,1-5H2,(H,10,14)(H2,7,8,9). The normalized spacial score (nSPS) is 23.7. The Balaban J connectivity index is 2.47. The van der Waals surface area contributed by atoms with Gasteiger partial charge in [-0.3, -0.25) is 4.57 Å². The van der Waals surface area contributed by atoms with Gasteiger partial charge in [-0.25, -0.2) is 8.88 Å². The number of hydrogen-bond donors (Lipinski definition) is 3. The van der Waals surface area contributed by atoms with Crippen molar-refractivity contribution in [2.75, 3.05) is 0 Å². The monoisotopic (exact) mass is 292 g/mol. The van der Waals surface area contributed by atoms with Crippen LogP contribution in [0.3, 0.4) is 0 Å². The Kier molecular flexibility index (Phi) is 5.25. The van der Waals surface area contributed by atoms with Crippen molar-refractivity contribution in [3.05, 3.63) is 0 Å². The molecule has 5 nitrogen and oxygen atoms in total. The van der Waals surface area contributed by atoms with Crippen LogP contribution < -0.4 is 0 Å². The van der Waals surface area contributed by atoms with Crippen LogP contribution in [0.1, 0.15) is 32.1 Å². The van der Waals surface area contributed by atoms with E-state index < -0.39 is 13.6 Å². The van der Waals surface area contributed by atoms with Crippen molar-refractivity contribution in [3.63, 3.8) is 0 Å². The molecule has 0 aromatic heterocycles. The second kappa shape index (κ2) is 5.58. The first-order chi connectivity index (χ1) is 6.79. The molecule has 1 unspecified atom stereocenters. The summed E-state index contributed by atoms with van der Waals surface area (Å²) in [7, 11) is -4.72. The molecule has 1 fully saturated rings. The lowest BCUT2D eigenvalue weighted by Gasteiger charge is -2.23. The minimum Gasteiger partial charge on any atom is -0.302 e. The molecule has 0 aromatic rings. The van der Waals surface area contributed by atoms with E-state index in [0.29, 0.717) is 0 Å². The molecule has 0 aliphatic heterocycles. The van der Waals surface area contributed by atoms with E-state index in [1.807, 2.05) is 0 Å². The third-order valence-corrected chi connectivity index (χ3v) is 8.56. The maximum absolute atomic E-state index is 11.6. The van der Waals surface area contributed by atoms with E-state index in [2.05, 4.69) is 16.6 Å². The van der Waals surface area contributed by atoms with Gasteiger partial charge in [-0.2, -0.15) is 0 Å². The molecule has 1 saturated carbocycles. The van der Waals surface area contributed by atoms with Crippen LogP contribution in [0.4, 0.5) is 0 Å². The van der Waals surface area contributed by atoms with Crippen LogP contribution in [0, 0.1) is 0 Å².